The van der Waals surface area contributed by atoms with E-state index in [4.69, 9.17) is 17.3 Å². The Bertz CT molecular complexity index is 793. The molecular formula is C22H36ClN4O2S+. The predicted molar refractivity (Wildman–Crippen MR) is 130 cm³/mol. The number of nitrogens with one attached hydrogen (secondary N) is 2. The Hall–Kier alpha value is -2.09. The number of halogens is 1. The summed E-state index contributed by atoms with van der Waals surface area (Å²) in [5.41, 5.74) is 8.07. The first-order valence-electron chi connectivity index (χ1n) is 10.2. The largest absolute Gasteiger partial charge is 0.379 e. The number of primary amides is 1. The number of hydrogen-bond donors (Lipinski definition) is 3. The van der Waals surface area contributed by atoms with Gasteiger partial charge in [-0.15, -0.1) is 11.3 Å². The number of rotatable bonds is 5. The topological polar surface area (TPSA) is 84.2 Å². The summed E-state index contributed by atoms with van der Waals surface area (Å²) in [6.07, 6.45) is 0.628. The number of nitrogens with zero attached hydrogens (tertiary/aromatic N) is 1. The van der Waals surface area contributed by atoms with Gasteiger partial charge in [0.15, 0.2) is 0 Å². The second-order valence-corrected chi connectivity index (χ2v) is 7.88. The van der Waals surface area contributed by atoms with Crippen molar-refractivity contribution in [2.24, 2.45) is 5.73 Å². The Labute approximate surface area is 190 Å². The van der Waals surface area contributed by atoms with Crippen LogP contribution in [0.3, 0.4) is 0 Å². The number of nitrogens with two attached hydrogens (primary N) is 1. The zero-order valence-electron chi connectivity index (χ0n) is 19.1. The molecule has 1 aliphatic rings. The number of quaternary nitrogens is 1. The van der Waals surface area contributed by atoms with Crippen LogP contribution in [0.1, 0.15) is 55.4 Å². The van der Waals surface area contributed by atoms with Crippen molar-refractivity contribution in [3.05, 3.63) is 45.3 Å². The van der Waals surface area contributed by atoms with Crippen molar-refractivity contribution < 1.29 is 14.1 Å². The molecule has 2 heterocycles. The molecule has 2 amide bonds. The van der Waals surface area contributed by atoms with Crippen LogP contribution in [0.25, 0.3) is 0 Å². The zero-order valence-corrected chi connectivity index (χ0v) is 20.7. The molecule has 0 fully saturated rings. The fourth-order valence-corrected chi connectivity index (χ4v) is 4.33. The maximum atomic E-state index is 11.5. The molecule has 8 heteroatoms. The third-order valence-electron chi connectivity index (χ3n) is 4.46. The van der Waals surface area contributed by atoms with Crippen LogP contribution in [0.2, 0.25) is 5.02 Å². The highest BCUT2D eigenvalue weighted by atomic mass is 35.5. The lowest BCUT2D eigenvalue weighted by Crippen LogP contribution is -2.37. The fraction of sp³-hybridized carbons (Fsp3) is 0.455. The molecule has 1 aromatic carbocycles. The molecule has 30 heavy (non-hydrogen) atoms. The molecule has 1 atom stereocenters. The number of anilines is 2. The van der Waals surface area contributed by atoms with E-state index >= 15 is 0 Å². The average molecular weight is 456 g/mol. The van der Waals surface area contributed by atoms with Gasteiger partial charge in [-0.25, -0.2) is 0 Å². The molecular weight excluding hydrogens is 420 g/mol. The summed E-state index contributed by atoms with van der Waals surface area (Å²) < 4.78 is 0.978. The van der Waals surface area contributed by atoms with E-state index in [9.17, 15) is 9.59 Å². The number of carbonyl (C=O) groups excluding carboxylic acids is 2. The Morgan fingerprint density at radius 3 is 2.20 bits per heavy atom. The Morgan fingerprint density at radius 2 is 1.77 bits per heavy atom. The van der Waals surface area contributed by atoms with Gasteiger partial charge in [0.05, 0.1) is 24.0 Å². The molecule has 1 unspecified atom stereocenters. The highest BCUT2D eigenvalue weighted by molar-refractivity contribution is 7.16. The molecule has 3 rings (SSSR count). The second kappa shape index (κ2) is 14.0. The van der Waals surface area contributed by atoms with E-state index in [1.165, 1.54) is 4.88 Å². The minimum absolute atomic E-state index is 0.314. The van der Waals surface area contributed by atoms with Gasteiger partial charge in [0.1, 0.15) is 18.1 Å². The van der Waals surface area contributed by atoms with Crippen LogP contribution in [-0.4, -0.2) is 37.4 Å². The zero-order chi connectivity index (χ0) is 23.3. The first kappa shape index (κ1) is 27.9. The summed E-state index contributed by atoms with van der Waals surface area (Å²) in [4.78, 5) is 22.7. The van der Waals surface area contributed by atoms with E-state index in [1.54, 1.807) is 35.6 Å². The van der Waals surface area contributed by atoms with Gasteiger partial charge in [-0.1, -0.05) is 39.3 Å². The van der Waals surface area contributed by atoms with Crippen LogP contribution in [0.15, 0.2) is 24.3 Å². The summed E-state index contributed by atoms with van der Waals surface area (Å²) in [5, 5.41) is 7.14. The quantitative estimate of drug-likeness (QED) is 0.420. The minimum Gasteiger partial charge on any atom is -0.379 e. The SMILES string of the molecule is CC.CC.CC[N+]1(C)Cc2sc(NC)c(C(N)=O)c2C1.O=CNc1ccc(Cl)cc1. The first-order valence-corrected chi connectivity index (χ1v) is 11.4. The van der Waals surface area contributed by atoms with Gasteiger partial charge in [0.25, 0.3) is 5.91 Å². The summed E-state index contributed by atoms with van der Waals surface area (Å²) in [6.45, 7) is 13.2. The lowest BCUT2D eigenvalue weighted by molar-refractivity contribution is -0.927. The van der Waals surface area contributed by atoms with Crippen molar-refractivity contribution in [2.45, 2.75) is 47.7 Å². The van der Waals surface area contributed by atoms with Crippen molar-refractivity contribution >= 4 is 45.9 Å². The van der Waals surface area contributed by atoms with Crippen LogP contribution in [0, 0.1) is 0 Å². The number of thiophene rings is 1. The van der Waals surface area contributed by atoms with Crippen LogP contribution in [0.5, 0.6) is 0 Å². The van der Waals surface area contributed by atoms with E-state index in [-0.39, 0.29) is 5.91 Å². The monoisotopic (exact) mass is 455 g/mol. The summed E-state index contributed by atoms with van der Waals surface area (Å²) in [7, 11) is 4.05. The smallest absolute Gasteiger partial charge is 0.252 e. The van der Waals surface area contributed by atoms with Crippen molar-refractivity contribution in [1.29, 1.82) is 0 Å². The molecule has 2 aromatic rings. The highest BCUT2D eigenvalue weighted by Gasteiger charge is 2.36. The molecule has 0 saturated heterocycles. The van der Waals surface area contributed by atoms with Gasteiger partial charge in [0.2, 0.25) is 6.41 Å². The summed E-state index contributed by atoms with van der Waals surface area (Å²) >= 11 is 7.26. The summed E-state index contributed by atoms with van der Waals surface area (Å²) in [6, 6.07) is 6.90. The number of hydrogen-bond acceptors (Lipinski definition) is 4. The number of carbonyl (C=O) groups is 2. The number of fused-ring (bicyclic) bond motifs is 1. The van der Waals surface area contributed by atoms with Crippen LogP contribution in [-0.2, 0) is 17.9 Å². The highest BCUT2D eigenvalue weighted by Crippen LogP contribution is 2.41. The molecule has 1 aromatic heterocycles. The van der Waals surface area contributed by atoms with Gasteiger partial charge in [-0.2, -0.15) is 0 Å². The Morgan fingerprint density at radius 1 is 1.20 bits per heavy atom. The van der Waals surface area contributed by atoms with Crippen molar-refractivity contribution in [3.63, 3.8) is 0 Å². The minimum atomic E-state index is -0.314. The van der Waals surface area contributed by atoms with E-state index in [2.05, 4.69) is 24.6 Å². The van der Waals surface area contributed by atoms with Gasteiger partial charge in [-0.3, -0.25) is 9.59 Å². The van der Waals surface area contributed by atoms with Gasteiger partial charge < -0.3 is 20.9 Å². The van der Waals surface area contributed by atoms with Crippen molar-refractivity contribution in [1.82, 2.24) is 0 Å². The van der Waals surface area contributed by atoms with E-state index in [1.807, 2.05) is 34.7 Å². The van der Waals surface area contributed by atoms with Crippen molar-refractivity contribution in [2.75, 3.05) is 31.3 Å². The third kappa shape index (κ3) is 7.63. The maximum Gasteiger partial charge on any atom is 0.252 e. The van der Waals surface area contributed by atoms with E-state index < -0.39 is 0 Å². The van der Waals surface area contributed by atoms with Crippen LogP contribution >= 0.6 is 22.9 Å². The molecule has 0 bridgehead atoms. The first-order chi connectivity index (χ1) is 14.3. The number of benzene rings is 1. The Kier molecular flexibility index (Phi) is 13.0. The van der Waals surface area contributed by atoms with Gasteiger partial charge >= 0.3 is 0 Å². The average Bonchev–Trinajstić information content (AvgIpc) is 3.26. The van der Waals surface area contributed by atoms with Crippen LogP contribution < -0.4 is 16.4 Å². The molecule has 6 nitrogen and oxygen atoms in total. The summed E-state index contributed by atoms with van der Waals surface area (Å²) in [5.74, 6) is -0.314. The number of amides is 2. The molecule has 0 aliphatic carbocycles. The molecule has 0 saturated carbocycles. The maximum absolute atomic E-state index is 11.5. The predicted octanol–water partition coefficient (Wildman–Crippen LogP) is 5.33. The lowest BCUT2D eigenvalue weighted by Gasteiger charge is -2.27. The molecule has 168 valence electrons. The normalized spacial score (nSPS) is 15.7. The van der Waals surface area contributed by atoms with Gasteiger partial charge in [-0.05, 0) is 31.2 Å². The van der Waals surface area contributed by atoms with E-state index in [0.29, 0.717) is 17.0 Å². The Balaban J connectivity index is 0.000000518. The van der Waals surface area contributed by atoms with Crippen molar-refractivity contribution in [3.8, 4) is 0 Å². The second-order valence-electron chi connectivity index (χ2n) is 6.34. The lowest BCUT2D eigenvalue weighted by atomic mass is 10.1. The van der Waals surface area contributed by atoms with E-state index in [0.717, 1.165) is 40.4 Å². The third-order valence-corrected chi connectivity index (χ3v) is 5.95. The molecule has 4 N–H and O–H groups in total. The van der Waals surface area contributed by atoms with Gasteiger partial charge in [0, 0.05) is 23.3 Å². The van der Waals surface area contributed by atoms with Crippen LogP contribution in [0.4, 0.5) is 10.7 Å². The molecule has 0 spiro atoms. The molecule has 0 radical (unpaired) electrons. The standard InChI is InChI=1S/C11H17N3OS.C7H6ClNO.2C2H6/c1-4-14(3)5-7-8(6-14)16-11(13-2)9(7)10(12)15;8-6-1-3-7(4-2-6)9-5-10;2*1-2/h4-6H2,1-3H3,(H2-,12,13,15);1-5H,(H,9,10);2*1-2H3/p+1. The molecule has 1 aliphatic heterocycles. The fourth-order valence-electron chi connectivity index (χ4n) is 2.87.